The smallest absolute Gasteiger partial charge is 0.189 e. The van der Waals surface area contributed by atoms with Crippen LogP contribution in [0.25, 0.3) is 10.8 Å². The maximum absolute atomic E-state index is 5.89. The Balaban J connectivity index is 0.00000176. The first-order valence-electron chi connectivity index (χ1n) is 7.33. The lowest BCUT2D eigenvalue weighted by atomic mass is 10.0. The zero-order valence-electron chi connectivity index (χ0n) is 12.8. The SMILES string of the molecule is C=C(C)CN=C(N)N[C@@H]1C[C@H]1c1ccc2ccccc2c1.I. The third-order valence-corrected chi connectivity index (χ3v) is 3.84. The summed E-state index contributed by atoms with van der Waals surface area (Å²) in [5.41, 5.74) is 8.28. The van der Waals surface area contributed by atoms with E-state index >= 15 is 0 Å². The van der Waals surface area contributed by atoms with Crippen molar-refractivity contribution >= 4 is 40.7 Å². The van der Waals surface area contributed by atoms with E-state index in [4.69, 9.17) is 5.73 Å². The van der Waals surface area contributed by atoms with Crippen molar-refractivity contribution in [2.24, 2.45) is 10.7 Å². The van der Waals surface area contributed by atoms with Gasteiger partial charge in [-0.15, -0.1) is 24.0 Å². The molecule has 2 aromatic carbocycles. The summed E-state index contributed by atoms with van der Waals surface area (Å²) < 4.78 is 0. The Kier molecular flexibility index (Phi) is 5.45. The minimum absolute atomic E-state index is 0. The number of nitrogens with two attached hydrogens (primary N) is 1. The molecule has 0 spiro atoms. The number of aliphatic imine (C=N–C) groups is 1. The Morgan fingerprint density at radius 3 is 2.73 bits per heavy atom. The van der Waals surface area contributed by atoms with Crippen LogP contribution in [-0.4, -0.2) is 18.5 Å². The standard InChI is InChI=1S/C18H21N3.HI/c1-12(2)11-20-18(19)21-17-10-16(17)15-8-7-13-5-3-4-6-14(13)9-15;/h3-9,16-17H,1,10-11H2,2H3,(H3,19,20,21);1H/t16-,17+;/m0./s1. The molecule has 1 fully saturated rings. The summed E-state index contributed by atoms with van der Waals surface area (Å²) in [6.07, 6.45) is 1.11. The highest BCUT2D eigenvalue weighted by Gasteiger charge is 2.38. The van der Waals surface area contributed by atoms with E-state index in [9.17, 15) is 0 Å². The molecule has 1 saturated carbocycles. The number of hydrogen-bond donors (Lipinski definition) is 2. The summed E-state index contributed by atoms with van der Waals surface area (Å²) in [5.74, 6) is 1.06. The van der Waals surface area contributed by atoms with Gasteiger partial charge in [0, 0.05) is 12.0 Å². The van der Waals surface area contributed by atoms with Gasteiger partial charge in [-0.2, -0.15) is 0 Å². The van der Waals surface area contributed by atoms with Crippen LogP contribution in [0.2, 0.25) is 0 Å². The van der Waals surface area contributed by atoms with E-state index in [2.05, 4.69) is 59.4 Å². The van der Waals surface area contributed by atoms with Crippen molar-refractivity contribution in [2.75, 3.05) is 6.54 Å². The van der Waals surface area contributed by atoms with Gasteiger partial charge < -0.3 is 11.1 Å². The first kappa shape index (κ1) is 16.8. The molecule has 3 nitrogen and oxygen atoms in total. The zero-order chi connectivity index (χ0) is 14.8. The number of fused-ring (bicyclic) bond motifs is 1. The molecule has 0 amide bonds. The molecular weight excluding hydrogens is 385 g/mol. The number of halogens is 1. The zero-order valence-corrected chi connectivity index (χ0v) is 15.1. The Hall–Kier alpha value is -1.56. The number of nitrogens with one attached hydrogen (secondary N) is 1. The molecular formula is C18H22IN3. The normalized spacial score (nSPS) is 20.3. The number of rotatable bonds is 4. The number of hydrogen-bond acceptors (Lipinski definition) is 1. The lowest BCUT2D eigenvalue weighted by Gasteiger charge is -2.06. The summed E-state index contributed by atoms with van der Waals surface area (Å²) >= 11 is 0. The van der Waals surface area contributed by atoms with Crippen LogP contribution in [0.15, 0.2) is 59.6 Å². The van der Waals surface area contributed by atoms with Crippen LogP contribution in [0.1, 0.15) is 24.8 Å². The molecule has 1 aliphatic rings. The van der Waals surface area contributed by atoms with Crippen molar-refractivity contribution < 1.29 is 0 Å². The third-order valence-electron chi connectivity index (χ3n) is 3.84. The Labute approximate surface area is 148 Å². The molecule has 3 rings (SSSR count). The fourth-order valence-electron chi connectivity index (χ4n) is 2.62. The Morgan fingerprint density at radius 1 is 1.27 bits per heavy atom. The average molecular weight is 407 g/mol. The van der Waals surface area contributed by atoms with Crippen molar-refractivity contribution in [3.63, 3.8) is 0 Å². The number of guanidine groups is 1. The van der Waals surface area contributed by atoms with E-state index in [1.807, 2.05) is 6.92 Å². The van der Waals surface area contributed by atoms with Crippen LogP contribution in [-0.2, 0) is 0 Å². The summed E-state index contributed by atoms with van der Waals surface area (Å²) in [6.45, 7) is 6.36. The number of benzene rings is 2. The van der Waals surface area contributed by atoms with Gasteiger partial charge in [-0.1, -0.05) is 54.6 Å². The second kappa shape index (κ2) is 7.13. The maximum atomic E-state index is 5.89. The summed E-state index contributed by atoms with van der Waals surface area (Å²) in [6, 6.07) is 15.5. The molecule has 0 heterocycles. The molecule has 1 aliphatic carbocycles. The molecule has 2 aromatic rings. The molecule has 4 heteroatoms. The van der Waals surface area contributed by atoms with E-state index in [0.29, 0.717) is 24.5 Å². The average Bonchev–Trinajstić information content (AvgIpc) is 3.24. The molecule has 0 saturated heterocycles. The molecule has 0 radical (unpaired) electrons. The van der Waals surface area contributed by atoms with E-state index in [1.165, 1.54) is 16.3 Å². The predicted octanol–water partition coefficient (Wildman–Crippen LogP) is 3.79. The number of nitrogens with zero attached hydrogens (tertiary/aromatic N) is 1. The van der Waals surface area contributed by atoms with Crippen molar-refractivity contribution in [1.29, 1.82) is 0 Å². The first-order chi connectivity index (χ1) is 10.1. The summed E-state index contributed by atoms with van der Waals surface area (Å²) in [5, 5.41) is 5.87. The van der Waals surface area contributed by atoms with Gasteiger partial charge in [0.25, 0.3) is 0 Å². The Morgan fingerprint density at radius 2 is 2.00 bits per heavy atom. The molecule has 3 N–H and O–H groups in total. The van der Waals surface area contributed by atoms with Gasteiger partial charge in [0.15, 0.2) is 5.96 Å². The van der Waals surface area contributed by atoms with Crippen LogP contribution in [0, 0.1) is 0 Å². The highest BCUT2D eigenvalue weighted by molar-refractivity contribution is 14.0. The largest absolute Gasteiger partial charge is 0.370 e. The Bertz CT molecular complexity index is 708. The lowest BCUT2D eigenvalue weighted by molar-refractivity contribution is 0.853. The predicted molar refractivity (Wildman–Crippen MR) is 105 cm³/mol. The summed E-state index contributed by atoms with van der Waals surface area (Å²) in [7, 11) is 0. The highest BCUT2D eigenvalue weighted by Crippen LogP contribution is 2.41. The molecule has 2 atom stereocenters. The molecule has 0 aromatic heterocycles. The minimum Gasteiger partial charge on any atom is -0.370 e. The van der Waals surface area contributed by atoms with E-state index in [-0.39, 0.29) is 24.0 Å². The first-order valence-corrected chi connectivity index (χ1v) is 7.33. The van der Waals surface area contributed by atoms with Gasteiger partial charge >= 0.3 is 0 Å². The van der Waals surface area contributed by atoms with Crippen molar-refractivity contribution in [3.8, 4) is 0 Å². The second-order valence-corrected chi connectivity index (χ2v) is 5.86. The van der Waals surface area contributed by atoms with Crippen LogP contribution in [0.3, 0.4) is 0 Å². The van der Waals surface area contributed by atoms with Crippen LogP contribution >= 0.6 is 24.0 Å². The van der Waals surface area contributed by atoms with Gasteiger partial charge in [0.05, 0.1) is 6.54 Å². The van der Waals surface area contributed by atoms with Crippen LogP contribution in [0.5, 0.6) is 0 Å². The minimum atomic E-state index is 0. The molecule has 116 valence electrons. The van der Waals surface area contributed by atoms with E-state index < -0.39 is 0 Å². The molecule has 0 bridgehead atoms. The fraction of sp³-hybridized carbons (Fsp3) is 0.278. The van der Waals surface area contributed by atoms with Crippen molar-refractivity contribution in [1.82, 2.24) is 5.32 Å². The topological polar surface area (TPSA) is 50.4 Å². The fourth-order valence-corrected chi connectivity index (χ4v) is 2.62. The monoisotopic (exact) mass is 407 g/mol. The van der Waals surface area contributed by atoms with Crippen LogP contribution in [0.4, 0.5) is 0 Å². The van der Waals surface area contributed by atoms with Gasteiger partial charge in [-0.25, -0.2) is 4.99 Å². The maximum Gasteiger partial charge on any atom is 0.189 e. The molecule has 22 heavy (non-hydrogen) atoms. The van der Waals surface area contributed by atoms with Gasteiger partial charge in [0.1, 0.15) is 0 Å². The van der Waals surface area contributed by atoms with E-state index in [1.54, 1.807) is 0 Å². The summed E-state index contributed by atoms with van der Waals surface area (Å²) in [4.78, 5) is 4.27. The van der Waals surface area contributed by atoms with Crippen LogP contribution < -0.4 is 11.1 Å². The van der Waals surface area contributed by atoms with Crippen molar-refractivity contribution in [2.45, 2.75) is 25.3 Å². The quantitative estimate of drug-likeness (QED) is 0.351. The van der Waals surface area contributed by atoms with Crippen molar-refractivity contribution in [3.05, 3.63) is 60.2 Å². The van der Waals surface area contributed by atoms with Gasteiger partial charge in [-0.05, 0) is 29.7 Å². The second-order valence-electron chi connectivity index (χ2n) is 5.86. The lowest BCUT2D eigenvalue weighted by Crippen LogP contribution is -2.34. The molecule has 0 aliphatic heterocycles. The van der Waals surface area contributed by atoms with Gasteiger partial charge in [0.2, 0.25) is 0 Å². The third kappa shape index (κ3) is 4.00. The van der Waals surface area contributed by atoms with Gasteiger partial charge in [-0.3, -0.25) is 0 Å². The van der Waals surface area contributed by atoms with E-state index in [0.717, 1.165) is 12.0 Å². The molecule has 0 unspecified atom stereocenters. The highest BCUT2D eigenvalue weighted by atomic mass is 127.